The quantitative estimate of drug-likeness (QED) is 0.773. The first-order valence-corrected chi connectivity index (χ1v) is 9.23. The van der Waals surface area contributed by atoms with Crippen molar-refractivity contribution in [2.24, 2.45) is 0 Å². The molecular weight excluding hydrogens is 340 g/mol. The van der Waals surface area contributed by atoms with Crippen molar-refractivity contribution < 1.29 is 9.53 Å². The van der Waals surface area contributed by atoms with Crippen LogP contribution in [0.1, 0.15) is 5.69 Å². The number of fused-ring (bicyclic) bond motifs is 1. The molecule has 1 aliphatic rings. The van der Waals surface area contributed by atoms with Gasteiger partial charge in [0.05, 0.1) is 6.20 Å². The SMILES string of the molecule is Cc1[nH]ncc1-c1ccc2ccc(OCC(=O)N3CCN(C)CC3)cc2c1. The van der Waals surface area contributed by atoms with Crippen LogP contribution in [-0.4, -0.2) is 65.7 Å². The Morgan fingerprint density at radius 2 is 1.89 bits per heavy atom. The number of nitrogens with one attached hydrogen (secondary N) is 1. The highest BCUT2D eigenvalue weighted by atomic mass is 16.5. The maximum absolute atomic E-state index is 12.4. The molecule has 1 aromatic heterocycles. The number of nitrogens with zero attached hydrogens (tertiary/aromatic N) is 3. The number of aromatic nitrogens is 2. The molecule has 140 valence electrons. The van der Waals surface area contributed by atoms with Crippen LogP contribution in [0.3, 0.4) is 0 Å². The van der Waals surface area contributed by atoms with E-state index in [1.165, 1.54) is 0 Å². The van der Waals surface area contributed by atoms with Crippen LogP contribution < -0.4 is 4.74 Å². The van der Waals surface area contributed by atoms with Gasteiger partial charge in [-0.1, -0.05) is 18.2 Å². The minimum atomic E-state index is 0.0472. The van der Waals surface area contributed by atoms with Crippen molar-refractivity contribution in [2.45, 2.75) is 6.92 Å². The van der Waals surface area contributed by atoms with E-state index in [-0.39, 0.29) is 12.5 Å². The van der Waals surface area contributed by atoms with E-state index in [0.29, 0.717) is 5.75 Å². The van der Waals surface area contributed by atoms with Gasteiger partial charge in [-0.25, -0.2) is 0 Å². The molecular formula is C21H24N4O2. The summed E-state index contributed by atoms with van der Waals surface area (Å²) in [6, 6.07) is 12.3. The van der Waals surface area contributed by atoms with E-state index in [0.717, 1.165) is 53.8 Å². The van der Waals surface area contributed by atoms with Crippen molar-refractivity contribution in [3.63, 3.8) is 0 Å². The number of aromatic amines is 1. The molecule has 0 spiro atoms. The molecule has 1 saturated heterocycles. The molecule has 0 bridgehead atoms. The topological polar surface area (TPSA) is 61.5 Å². The summed E-state index contributed by atoms with van der Waals surface area (Å²) in [7, 11) is 2.08. The van der Waals surface area contributed by atoms with E-state index in [1.807, 2.05) is 36.2 Å². The lowest BCUT2D eigenvalue weighted by molar-refractivity contribution is -0.134. The number of benzene rings is 2. The number of rotatable bonds is 4. The highest BCUT2D eigenvalue weighted by molar-refractivity contribution is 5.88. The first-order chi connectivity index (χ1) is 13.1. The summed E-state index contributed by atoms with van der Waals surface area (Å²) in [5.41, 5.74) is 3.24. The normalized spacial score (nSPS) is 15.3. The number of amides is 1. The van der Waals surface area contributed by atoms with Gasteiger partial charge in [-0.15, -0.1) is 0 Å². The summed E-state index contributed by atoms with van der Waals surface area (Å²) in [6.07, 6.45) is 1.84. The van der Waals surface area contributed by atoms with Gasteiger partial charge >= 0.3 is 0 Å². The Labute approximate surface area is 158 Å². The number of aryl methyl sites for hydroxylation is 1. The van der Waals surface area contributed by atoms with Crippen molar-refractivity contribution in [1.29, 1.82) is 0 Å². The van der Waals surface area contributed by atoms with Gasteiger partial charge in [0.1, 0.15) is 5.75 Å². The summed E-state index contributed by atoms with van der Waals surface area (Å²) < 4.78 is 5.79. The van der Waals surface area contributed by atoms with Crippen LogP contribution in [0.5, 0.6) is 5.75 Å². The average Bonchev–Trinajstić information content (AvgIpc) is 3.12. The summed E-state index contributed by atoms with van der Waals surface area (Å²) in [5.74, 6) is 0.761. The van der Waals surface area contributed by atoms with Gasteiger partial charge < -0.3 is 14.5 Å². The maximum Gasteiger partial charge on any atom is 0.260 e. The third-order valence-corrected chi connectivity index (χ3v) is 5.17. The molecule has 1 fully saturated rings. The van der Waals surface area contributed by atoms with Crippen LogP contribution in [-0.2, 0) is 4.79 Å². The summed E-state index contributed by atoms with van der Waals surface area (Å²) >= 11 is 0. The van der Waals surface area contributed by atoms with Gasteiger partial charge in [0, 0.05) is 37.4 Å². The van der Waals surface area contributed by atoms with Gasteiger partial charge in [-0.3, -0.25) is 9.89 Å². The Kier molecular flexibility index (Phi) is 4.81. The molecule has 27 heavy (non-hydrogen) atoms. The third kappa shape index (κ3) is 3.80. The lowest BCUT2D eigenvalue weighted by Crippen LogP contribution is -2.48. The molecule has 0 saturated carbocycles. The van der Waals surface area contributed by atoms with Crippen molar-refractivity contribution in [2.75, 3.05) is 39.8 Å². The number of carbonyl (C=O) groups is 1. The predicted octanol–water partition coefficient (Wildman–Crippen LogP) is 2.69. The lowest BCUT2D eigenvalue weighted by atomic mass is 10.0. The first kappa shape index (κ1) is 17.5. The average molecular weight is 364 g/mol. The largest absolute Gasteiger partial charge is 0.484 e. The molecule has 2 heterocycles. The minimum Gasteiger partial charge on any atom is -0.484 e. The fraction of sp³-hybridized carbons (Fsp3) is 0.333. The molecule has 1 amide bonds. The Balaban J connectivity index is 1.47. The smallest absolute Gasteiger partial charge is 0.260 e. The molecule has 1 N–H and O–H groups in total. The minimum absolute atomic E-state index is 0.0472. The van der Waals surface area contributed by atoms with Gasteiger partial charge in [0.25, 0.3) is 5.91 Å². The number of H-pyrrole nitrogens is 1. The van der Waals surface area contributed by atoms with E-state index in [2.05, 4.69) is 40.3 Å². The van der Waals surface area contributed by atoms with E-state index in [9.17, 15) is 4.79 Å². The zero-order valence-electron chi connectivity index (χ0n) is 15.7. The molecule has 1 aliphatic heterocycles. The summed E-state index contributed by atoms with van der Waals surface area (Å²) in [5, 5.41) is 9.29. The molecule has 4 rings (SSSR count). The molecule has 6 nitrogen and oxygen atoms in total. The van der Waals surface area contributed by atoms with Gasteiger partial charge in [0.15, 0.2) is 6.61 Å². The fourth-order valence-corrected chi connectivity index (χ4v) is 3.42. The van der Waals surface area contributed by atoms with E-state index < -0.39 is 0 Å². The highest BCUT2D eigenvalue weighted by Crippen LogP contribution is 2.28. The Morgan fingerprint density at radius 1 is 1.11 bits per heavy atom. The second-order valence-electron chi connectivity index (χ2n) is 7.11. The number of hydrogen-bond donors (Lipinski definition) is 1. The molecule has 0 atom stereocenters. The zero-order valence-corrected chi connectivity index (χ0v) is 15.7. The number of hydrogen-bond acceptors (Lipinski definition) is 4. The molecule has 0 aliphatic carbocycles. The monoisotopic (exact) mass is 364 g/mol. The van der Waals surface area contributed by atoms with Gasteiger partial charge in [-0.2, -0.15) is 5.10 Å². The van der Waals surface area contributed by atoms with E-state index in [4.69, 9.17) is 4.74 Å². The van der Waals surface area contributed by atoms with Crippen LogP contribution in [0.4, 0.5) is 0 Å². The second kappa shape index (κ2) is 7.40. The first-order valence-electron chi connectivity index (χ1n) is 9.23. The highest BCUT2D eigenvalue weighted by Gasteiger charge is 2.19. The Bertz CT molecular complexity index is 958. The second-order valence-corrected chi connectivity index (χ2v) is 7.11. The number of piperazine rings is 1. The maximum atomic E-state index is 12.4. The number of ether oxygens (including phenoxy) is 1. The Hall–Kier alpha value is -2.86. The summed E-state index contributed by atoms with van der Waals surface area (Å²) in [6.45, 7) is 5.45. The van der Waals surface area contributed by atoms with E-state index >= 15 is 0 Å². The summed E-state index contributed by atoms with van der Waals surface area (Å²) in [4.78, 5) is 16.5. The van der Waals surface area contributed by atoms with Crippen molar-refractivity contribution >= 4 is 16.7 Å². The van der Waals surface area contributed by atoms with Crippen molar-refractivity contribution in [3.8, 4) is 16.9 Å². The Morgan fingerprint density at radius 3 is 2.63 bits per heavy atom. The van der Waals surface area contributed by atoms with Crippen LogP contribution in [0.2, 0.25) is 0 Å². The number of likely N-dealkylation sites (N-methyl/N-ethyl adjacent to an activating group) is 1. The van der Waals surface area contributed by atoms with Crippen molar-refractivity contribution in [1.82, 2.24) is 20.0 Å². The van der Waals surface area contributed by atoms with Crippen LogP contribution >= 0.6 is 0 Å². The predicted molar refractivity (Wildman–Crippen MR) is 106 cm³/mol. The molecule has 0 unspecified atom stereocenters. The van der Waals surface area contributed by atoms with Crippen LogP contribution in [0.25, 0.3) is 21.9 Å². The lowest BCUT2D eigenvalue weighted by Gasteiger charge is -2.32. The molecule has 0 radical (unpaired) electrons. The standard InChI is InChI=1S/C21H24N4O2/c1-15-20(13-22-23-15)17-4-3-16-5-6-19(12-18(16)11-17)27-14-21(26)25-9-7-24(2)8-10-25/h3-6,11-13H,7-10,14H2,1-2H3,(H,22,23). The van der Waals surface area contributed by atoms with Crippen molar-refractivity contribution in [3.05, 3.63) is 48.3 Å². The zero-order chi connectivity index (χ0) is 18.8. The molecule has 2 aromatic carbocycles. The third-order valence-electron chi connectivity index (χ3n) is 5.17. The van der Waals surface area contributed by atoms with E-state index in [1.54, 1.807) is 0 Å². The molecule has 6 heteroatoms. The van der Waals surface area contributed by atoms with Gasteiger partial charge in [-0.05, 0) is 48.5 Å². The van der Waals surface area contributed by atoms with Crippen LogP contribution in [0.15, 0.2) is 42.6 Å². The fourth-order valence-electron chi connectivity index (χ4n) is 3.42. The van der Waals surface area contributed by atoms with Gasteiger partial charge in [0.2, 0.25) is 0 Å². The number of carbonyl (C=O) groups excluding carboxylic acids is 1. The van der Waals surface area contributed by atoms with Crippen LogP contribution in [0, 0.1) is 6.92 Å². The molecule has 3 aromatic rings.